The monoisotopic (exact) mass is 152 g/mol. The van der Waals surface area contributed by atoms with E-state index in [1.807, 2.05) is 0 Å². The molecule has 54 valence electrons. The van der Waals surface area contributed by atoms with Crippen molar-refractivity contribution >= 4 is 8.25 Å². The van der Waals surface area contributed by atoms with Crippen molar-refractivity contribution in [2.75, 3.05) is 6.61 Å². The maximum atomic E-state index is 10.5. The molecule has 0 radical (unpaired) electrons. The second-order valence-electron chi connectivity index (χ2n) is 1.45. The van der Waals surface area contributed by atoms with Crippen LogP contribution in [-0.2, 0) is 13.6 Å². The van der Waals surface area contributed by atoms with Crippen LogP contribution < -0.4 is 5.73 Å². The Morgan fingerprint density at radius 2 is 2.33 bits per heavy atom. The standard InChI is InChI=1S/C4H11NO3P/c1-3-7-9(6)8-4(2)5/h4H,3,5H2,1-2H3/q+1. The van der Waals surface area contributed by atoms with E-state index in [0.717, 1.165) is 0 Å². The zero-order valence-corrected chi connectivity index (χ0v) is 6.43. The summed E-state index contributed by atoms with van der Waals surface area (Å²) in [5, 5.41) is 0. The molecule has 0 spiro atoms. The predicted octanol–water partition coefficient (Wildman–Crippen LogP) is 1.00. The lowest BCUT2D eigenvalue weighted by Crippen LogP contribution is -2.15. The van der Waals surface area contributed by atoms with Crippen LogP contribution in [0.2, 0.25) is 0 Å². The molecule has 0 aromatic carbocycles. The van der Waals surface area contributed by atoms with E-state index in [4.69, 9.17) is 5.73 Å². The molecule has 2 atom stereocenters. The van der Waals surface area contributed by atoms with Crippen LogP contribution in [0, 0.1) is 0 Å². The van der Waals surface area contributed by atoms with Crippen molar-refractivity contribution in [1.29, 1.82) is 0 Å². The van der Waals surface area contributed by atoms with Gasteiger partial charge in [-0.05, 0) is 13.8 Å². The predicted molar refractivity (Wildman–Crippen MR) is 34.0 cm³/mol. The van der Waals surface area contributed by atoms with Crippen molar-refractivity contribution in [3.63, 3.8) is 0 Å². The van der Waals surface area contributed by atoms with Crippen molar-refractivity contribution in [3.05, 3.63) is 0 Å². The van der Waals surface area contributed by atoms with Gasteiger partial charge in [-0.3, -0.25) is 0 Å². The maximum absolute atomic E-state index is 10.5. The highest BCUT2D eigenvalue weighted by molar-refractivity contribution is 7.33. The van der Waals surface area contributed by atoms with Crippen molar-refractivity contribution in [1.82, 2.24) is 0 Å². The topological polar surface area (TPSA) is 61.5 Å². The third kappa shape index (κ3) is 5.86. The lowest BCUT2D eigenvalue weighted by atomic mass is 10.7. The first kappa shape index (κ1) is 8.98. The van der Waals surface area contributed by atoms with E-state index in [1.165, 1.54) is 0 Å². The molecule has 5 heteroatoms. The number of hydrogen-bond acceptors (Lipinski definition) is 4. The van der Waals surface area contributed by atoms with E-state index < -0.39 is 14.5 Å². The third-order valence-electron chi connectivity index (χ3n) is 0.487. The van der Waals surface area contributed by atoms with Crippen molar-refractivity contribution in [2.24, 2.45) is 5.73 Å². The molecule has 0 aromatic heterocycles. The minimum absolute atomic E-state index is 0.377. The zero-order chi connectivity index (χ0) is 7.28. The van der Waals surface area contributed by atoms with Gasteiger partial charge in [0.2, 0.25) is 0 Å². The highest BCUT2D eigenvalue weighted by Crippen LogP contribution is 2.23. The fourth-order valence-electron chi connectivity index (χ4n) is 0.272. The third-order valence-corrected chi connectivity index (χ3v) is 1.46. The molecule has 0 aliphatic carbocycles. The van der Waals surface area contributed by atoms with Crippen LogP contribution in [0.4, 0.5) is 0 Å². The molecule has 0 saturated heterocycles. The summed E-state index contributed by atoms with van der Waals surface area (Å²) in [7, 11) is -2.00. The van der Waals surface area contributed by atoms with Gasteiger partial charge in [0, 0.05) is 4.57 Å². The van der Waals surface area contributed by atoms with Crippen molar-refractivity contribution in [2.45, 2.75) is 20.1 Å². The molecule has 0 aliphatic rings. The first-order chi connectivity index (χ1) is 4.16. The summed E-state index contributed by atoms with van der Waals surface area (Å²) in [6.07, 6.45) is -0.528. The van der Waals surface area contributed by atoms with Gasteiger partial charge in [0.25, 0.3) is 0 Å². The highest BCUT2D eigenvalue weighted by atomic mass is 31.1. The van der Waals surface area contributed by atoms with E-state index in [-0.39, 0.29) is 0 Å². The average Bonchev–Trinajstić information content (AvgIpc) is 1.63. The van der Waals surface area contributed by atoms with Gasteiger partial charge >= 0.3 is 8.25 Å². The van der Waals surface area contributed by atoms with Gasteiger partial charge in [-0.2, -0.15) is 0 Å². The Hall–Kier alpha value is -0.0200. The molecular weight excluding hydrogens is 141 g/mol. The van der Waals surface area contributed by atoms with Crippen LogP contribution in [0.25, 0.3) is 0 Å². The van der Waals surface area contributed by atoms with Gasteiger partial charge in [-0.1, -0.05) is 0 Å². The SMILES string of the molecule is CCO[P+](=O)OC(C)N. The first-order valence-corrected chi connectivity index (χ1v) is 3.79. The molecule has 0 fully saturated rings. The lowest BCUT2D eigenvalue weighted by Gasteiger charge is -1.90. The molecule has 0 aliphatic heterocycles. The minimum Gasteiger partial charge on any atom is -0.302 e. The number of rotatable bonds is 4. The first-order valence-electron chi connectivity index (χ1n) is 2.69. The summed E-state index contributed by atoms with van der Waals surface area (Å²) in [6.45, 7) is 3.70. The Bertz CT molecular complexity index is 95.8. The van der Waals surface area contributed by atoms with Crippen LogP contribution in [0.15, 0.2) is 0 Å². The normalized spacial score (nSPS) is 15.2. The van der Waals surface area contributed by atoms with Gasteiger partial charge in [-0.15, -0.1) is 9.05 Å². The van der Waals surface area contributed by atoms with Gasteiger partial charge in [0.05, 0.1) is 0 Å². The van der Waals surface area contributed by atoms with E-state index in [0.29, 0.717) is 6.61 Å². The molecule has 0 aromatic rings. The molecule has 0 amide bonds. The highest BCUT2D eigenvalue weighted by Gasteiger charge is 2.20. The summed E-state index contributed by atoms with van der Waals surface area (Å²) in [6, 6.07) is 0. The fourth-order valence-corrected chi connectivity index (χ4v) is 0.815. The quantitative estimate of drug-likeness (QED) is 0.482. The van der Waals surface area contributed by atoms with Gasteiger partial charge in [0.15, 0.2) is 6.23 Å². The number of nitrogens with two attached hydrogens (primary N) is 1. The second-order valence-corrected chi connectivity index (χ2v) is 2.37. The molecule has 0 rings (SSSR count). The van der Waals surface area contributed by atoms with Gasteiger partial charge < -0.3 is 5.73 Å². The second kappa shape index (κ2) is 4.82. The number of hydrogen-bond donors (Lipinski definition) is 1. The van der Waals surface area contributed by atoms with Gasteiger partial charge in [-0.25, -0.2) is 0 Å². The summed E-state index contributed by atoms with van der Waals surface area (Å²) in [4.78, 5) is 0. The van der Waals surface area contributed by atoms with Crippen LogP contribution in [0.3, 0.4) is 0 Å². The van der Waals surface area contributed by atoms with E-state index in [9.17, 15) is 4.57 Å². The minimum atomic E-state index is -2.00. The Kier molecular flexibility index (Phi) is 4.81. The Balaban J connectivity index is 3.27. The van der Waals surface area contributed by atoms with Crippen LogP contribution >= 0.6 is 8.25 Å². The summed E-state index contributed by atoms with van der Waals surface area (Å²) in [5.41, 5.74) is 5.14. The average molecular weight is 152 g/mol. The van der Waals surface area contributed by atoms with Crippen LogP contribution in [0.1, 0.15) is 13.8 Å². The summed E-state index contributed by atoms with van der Waals surface area (Å²) >= 11 is 0. The summed E-state index contributed by atoms with van der Waals surface area (Å²) in [5.74, 6) is 0. The Morgan fingerprint density at radius 3 is 2.67 bits per heavy atom. The Morgan fingerprint density at radius 1 is 1.78 bits per heavy atom. The molecule has 4 nitrogen and oxygen atoms in total. The molecule has 0 heterocycles. The smallest absolute Gasteiger partial charge is 0.302 e. The summed E-state index contributed by atoms with van der Waals surface area (Å²) < 4.78 is 19.6. The zero-order valence-electron chi connectivity index (χ0n) is 5.53. The largest absolute Gasteiger partial charge is 0.699 e. The molecule has 0 bridgehead atoms. The van der Waals surface area contributed by atoms with E-state index in [1.54, 1.807) is 13.8 Å². The maximum Gasteiger partial charge on any atom is 0.699 e. The molecule has 9 heavy (non-hydrogen) atoms. The van der Waals surface area contributed by atoms with E-state index >= 15 is 0 Å². The molecule has 2 N–H and O–H groups in total. The van der Waals surface area contributed by atoms with Crippen molar-refractivity contribution < 1.29 is 13.6 Å². The molecule has 2 unspecified atom stereocenters. The van der Waals surface area contributed by atoms with Crippen LogP contribution in [0.5, 0.6) is 0 Å². The lowest BCUT2D eigenvalue weighted by molar-refractivity contribution is 0.185. The van der Waals surface area contributed by atoms with Crippen LogP contribution in [-0.4, -0.2) is 12.8 Å². The fraction of sp³-hybridized carbons (Fsp3) is 1.00. The van der Waals surface area contributed by atoms with Crippen molar-refractivity contribution in [3.8, 4) is 0 Å². The van der Waals surface area contributed by atoms with Gasteiger partial charge in [0.1, 0.15) is 6.61 Å². The molecular formula is C4H11NO3P+. The van der Waals surface area contributed by atoms with E-state index in [2.05, 4.69) is 9.05 Å². The molecule has 0 saturated carbocycles. The Labute approximate surface area is 55.3 Å².